The first-order chi connectivity index (χ1) is 12.8. The van der Waals surface area contributed by atoms with Crippen LogP contribution in [0.3, 0.4) is 0 Å². The molecule has 3 rings (SSSR count). The van der Waals surface area contributed by atoms with E-state index in [-0.39, 0.29) is 17.6 Å². The normalized spacial score (nSPS) is 21.7. The Kier molecular flexibility index (Phi) is 5.68. The Bertz CT molecular complexity index is 785. The Hall–Kier alpha value is -2.17. The van der Waals surface area contributed by atoms with Crippen LogP contribution in [0.15, 0.2) is 36.7 Å². The van der Waals surface area contributed by atoms with Gasteiger partial charge in [-0.15, -0.1) is 0 Å². The molecule has 0 spiro atoms. The predicted octanol–water partition coefficient (Wildman–Crippen LogP) is 4.62. The van der Waals surface area contributed by atoms with Gasteiger partial charge in [0.25, 0.3) is 0 Å². The van der Waals surface area contributed by atoms with Crippen LogP contribution in [0.25, 0.3) is 0 Å². The molecule has 1 amide bonds. The zero-order valence-electron chi connectivity index (χ0n) is 16.7. The molecule has 0 radical (unpaired) electrons. The van der Waals surface area contributed by atoms with Crippen LogP contribution in [0.2, 0.25) is 0 Å². The summed E-state index contributed by atoms with van der Waals surface area (Å²) in [7, 11) is 1.88. The van der Waals surface area contributed by atoms with Crippen molar-refractivity contribution in [1.82, 2.24) is 14.9 Å². The second kappa shape index (κ2) is 7.83. The molecule has 0 saturated heterocycles. The maximum Gasteiger partial charge on any atom is 0.223 e. The van der Waals surface area contributed by atoms with Crippen LogP contribution < -0.4 is 5.32 Å². The van der Waals surface area contributed by atoms with E-state index in [1.54, 1.807) is 12.3 Å². The minimum absolute atomic E-state index is 0.0138. The number of amides is 1. The Balaban J connectivity index is 1.75. The smallest absolute Gasteiger partial charge is 0.223 e. The lowest BCUT2D eigenvalue weighted by atomic mass is 9.69. The van der Waals surface area contributed by atoms with Crippen molar-refractivity contribution < 1.29 is 9.18 Å². The van der Waals surface area contributed by atoms with Crippen molar-refractivity contribution in [1.29, 1.82) is 0 Å². The average Bonchev–Trinajstić information content (AvgIpc) is 3.04. The molecule has 1 fully saturated rings. The molecule has 1 unspecified atom stereocenters. The fourth-order valence-electron chi connectivity index (χ4n) is 4.12. The van der Waals surface area contributed by atoms with Crippen molar-refractivity contribution >= 4 is 5.91 Å². The number of hydrogen-bond donors (Lipinski definition) is 1. The number of benzene rings is 1. The molecule has 146 valence electrons. The van der Waals surface area contributed by atoms with Gasteiger partial charge in [-0.1, -0.05) is 32.9 Å². The van der Waals surface area contributed by atoms with E-state index in [0.29, 0.717) is 22.7 Å². The van der Waals surface area contributed by atoms with Crippen molar-refractivity contribution in [2.75, 3.05) is 0 Å². The molecular weight excluding hydrogens is 341 g/mol. The van der Waals surface area contributed by atoms with Crippen molar-refractivity contribution in [2.45, 2.75) is 52.5 Å². The summed E-state index contributed by atoms with van der Waals surface area (Å²) in [4.78, 5) is 17.4. The molecule has 1 heterocycles. The highest BCUT2D eigenvalue weighted by atomic mass is 19.1. The van der Waals surface area contributed by atoms with Gasteiger partial charge in [0.1, 0.15) is 17.7 Å². The van der Waals surface area contributed by atoms with E-state index in [2.05, 4.69) is 31.1 Å². The average molecular weight is 372 g/mol. The summed E-state index contributed by atoms with van der Waals surface area (Å²) < 4.78 is 15.6. The first-order valence-corrected chi connectivity index (χ1v) is 9.79. The number of nitrogens with zero attached hydrogens (tertiary/aromatic N) is 2. The zero-order valence-corrected chi connectivity index (χ0v) is 16.7. The summed E-state index contributed by atoms with van der Waals surface area (Å²) in [6.45, 7) is 6.83. The highest BCUT2D eigenvalue weighted by Crippen LogP contribution is 2.40. The molecule has 27 heavy (non-hydrogen) atoms. The molecule has 4 nitrogen and oxygen atoms in total. The van der Waals surface area contributed by atoms with Gasteiger partial charge in [0, 0.05) is 25.4 Å². The topological polar surface area (TPSA) is 46.9 Å². The Morgan fingerprint density at radius 3 is 2.52 bits per heavy atom. The lowest BCUT2D eigenvalue weighted by molar-refractivity contribution is -0.127. The molecule has 0 aliphatic heterocycles. The molecular formula is C22H30FN3O. The van der Waals surface area contributed by atoms with Crippen molar-refractivity contribution in [3.63, 3.8) is 0 Å². The third kappa shape index (κ3) is 4.57. The standard InChI is InChI=1S/C22H30FN3O/c1-22(2,3)17-10-8-15(9-11-17)21(27)25-19(20-24-12-13-26(20)4)16-6-5-7-18(23)14-16/h5-7,12-15,17,19H,8-11H2,1-4H3,(H,25,27). The Morgan fingerprint density at radius 2 is 1.96 bits per heavy atom. The van der Waals surface area contributed by atoms with Gasteiger partial charge in [-0.05, 0) is 54.7 Å². The van der Waals surface area contributed by atoms with Gasteiger partial charge >= 0.3 is 0 Å². The van der Waals surface area contributed by atoms with E-state index in [1.807, 2.05) is 23.9 Å². The number of nitrogens with one attached hydrogen (secondary N) is 1. The van der Waals surface area contributed by atoms with Gasteiger partial charge < -0.3 is 9.88 Å². The molecule has 1 aliphatic carbocycles. The minimum atomic E-state index is -0.450. The van der Waals surface area contributed by atoms with Crippen LogP contribution in [0, 0.1) is 23.1 Å². The van der Waals surface area contributed by atoms with Gasteiger partial charge in [-0.2, -0.15) is 0 Å². The van der Waals surface area contributed by atoms with E-state index in [0.717, 1.165) is 25.7 Å². The number of carbonyl (C=O) groups is 1. The summed E-state index contributed by atoms with van der Waals surface area (Å²) in [6, 6.07) is 5.93. The molecule has 1 N–H and O–H groups in total. The van der Waals surface area contributed by atoms with E-state index < -0.39 is 6.04 Å². The third-order valence-corrected chi connectivity index (χ3v) is 5.91. The zero-order chi connectivity index (χ0) is 19.6. The van der Waals surface area contributed by atoms with E-state index in [4.69, 9.17) is 0 Å². The molecule has 1 aromatic heterocycles. The number of aromatic nitrogens is 2. The lowest BCUT2D eigenvalue weighted by Gasteiger charge is -2.36. The number of halogens is 1. The lowest BCUT2D eigenvalue weighted by Crippen LogP contribution is -2.38. The fraction of sp³-hybridized carbons (Fsp3) is 0.545. The van der Waals surface area contributed by atoms with Crippen molar-refractivity contribution in [2.24, 2.45) is 24.3 Å². The van der Waals surface area contributed by atoms with Crippen LogP contribution in [0.1, 0.15) is 63.9 Å². The summed E-state index contributed by atoms with van der Waals surface area (Å²) in [5.41, 5.74) is 0.999. The molecule has 2 aromatic rings. The van der Waals surface area contributed by atoms with Gasteiger partial charge in [-0.3, -0.25) is 4.79 Å². The van der Waals surface area contributed by atoms with Crippen LogP contribution >= 0.6 is 0 Å². The summed E-state index contributed by atoms with van der Waals surface area (Å²) in [5.74, 6) is 1.11. The van der Waals surface area contributed by atoms with Gasteiger partial charge in [0.2, 0.25) is 5.91 Å². The number of rotatable bonds is 4. The first-order valence-electron chi connectivity index (χ1n) is 9.79. The molecule has 0 bridgehead atoms. The van der Waals surface area contributed by atoms with E-state index >= 15 is 0 Å². The number of aryl methyl sites for hydroxylation is 1. The van der Waals surface area contributed by atoms with E-state index in [9.17, 15) is 9.18 Å². The summed E-state index contributed by atoms with van der Waals surface area (Å²) >= 11 is 0. The second-order valence-electron chi connectivity index (χ2n) is 8.81. The molecule has 1 aliphatic rings. The van der Waals surface area contributed by atoms with Crippen LogP contribution in [0.4, 0.5) is 4.39 Å². The highest BCUT2D eigenvalue weighted by molar-refractivity contribution is 5.79. The quantitative estimate of drug-likeness (QED) is 0.853. The maximum atomic E-state index is 13.8. The minimum Gasteiger partial charge on any atom is -0.342 e. The number of imidazole rings is 1. The molecule has 1 aromatic carbocycles. The first kappa shape index (κ1) is 19.6. The molecule has 5 heteroatoms. The largest absolute Gasteiger partial charge is 0.342 e. The number of carbonyl (C=O) groups excluding carboxylic acids is 1. The fourth-order valence-corrected chi connectivity index (χ4v) is 4.12. The van der Waals surface area contributed by atoms with Crippen LogP contribution in [-0.4, -0.2) is 15.5 Å². The van der Waals surface area contributed by atoms with Crippen molar-refractivity contribution in [3.05, 3.63) is 53.9 Å². The van der Waals surface area contributed by atoms with E-state index in [1.165, 1.54) is 12.1 Å². The number of hydrogen-bond acceptors (Lipinski definition) is 2. The maximum absolute atomic E-state index is 13.8. The molecule has 1 saturated carbocycles. The highest BCUT2D eigenvalue weighted by Gasteiger charge is 2.33. The SMILES string of the molecule is Cn1ccnc1C(NC(=O)C1CCC(C(C)(C)C)CC1)c1cccc(F)c1. The van der Waals surface area contributed by atoms with Gasteiger partial charge in [-0.25, -0.2) is 9.37 Å². The monoisotopic (exact) mass is 371 g/mol. The third-order valence-electron chi connectivity index (χ3n) is 5.91. The summed E-state index contributed by atoms with van der Waals surface area (Å²) in [5, 5.41) is 3.14. The Labute approximate surface area is 161 Å². The predicted molar refractivity (Wildman–Crippen MR) is 104 cm³/mol. The van der Waals surface area contributed by atoms with Crippen LogP contribution in [-0.2, 0) is 11.8 Å². The van der Waals surface area contributed by atoms with Gasteiger partial charge in [0.05, 0.1) is 0 Å². The Morgan fingerprint density at radius 1 is 1.26 bits per heavy atom. The van der Waals surface area contributed by atoms with Gasteiger partial charge in [0.15, 0.2) is 0 Å². The second-order valence-corrected chi connectivity index (χ2v) is 8.81. The molecule has 1 atom stereocenters. The van der Waals surface area contributed by atoms with Crippen LogP contribution in [0.5, 0.6) is 0 Å². The summed E-state index contributed by atoms with van der Waals surface area (Å²) in [6.07, 6.45) is 7.50. The van der Waals surface area contributed by atoms with Crippen molar-refractivity contribution in [3.8, 4) is 0 Å².